The summed E-state index contributed by atoms with van der Waals surface area (Å²) in [7, 11) is 0. The lowest BCUT2D eigenvalue weighted by Crippen LogP contribution is -2.40. The zero-order valence-electron chi connectivity index (χ0n) is 19.8. The van der Waals surface area contributed by atoms with E-state index < -0.39 is 28.7 Å². The van der Waals surface area contributed by atoms with Gasteiger partial charge in [0.25, 0.3) is 0 Å². The first-order valence-electron chi connectivity index (χ1n) is 11.0. The summed E-state index contributed by atoms with van der Waals surface area (Å²) in [5.74, 6) is -1.63. The monoisotopic (exact) mass is 470 g/mol. The van der Waals surface area contributed by atoms with Crippen molar-refractivity contribution in [1.29, 1.82) is 0 Å². The lowest BCUT2D eigenvalue weighted by molar-refractivity contribution is -0.156. The number of fused-ring (bicyclic) bond motifs is 4. The molecular weight excluding hydrogens is 448 g/mol. The SMILES string of the molecule is CC(=O)O[C@@]1(C)C(=O)C2=NC1=CC1=NC(=CC3=NC(=CC4=NC(=C2)C=C4C)[C@](C)(O)C3=O)C(C)=C1. The standard InChI is InChI=1S/C26H22N4O5/c1-12-7-16-9-22-26(5,35-14(3)31)24(33)19(30-22)8-15-6-13(2)18(27-15)11-21-25(4,34)23(32)20(29-21)10-17(12)28-16/h6-11,34H,1-5H3/t25-,26+/m0/s1. The number of allylic oxidation sites excluding steroid dienone is 8. The van der Waals surface area contributed by atoms with Crippen LogP contribution in [0, 0.1) is 0 Å². The van der Waals surface area contributed by atoms with Gasteiger partial charge in [0.2, 0.25) is 17.2 Å². The van der Waals surface area contributed by atoms with Gasteiger partial charge in [-0.05, 0) is 75.3 Å². The van der Waals surface area contributed by atoms with Gasteiger partial charge in [-0.15, -0.1) is 0 Å². The molecule has 0 amide bonds. The van der Waals surface area contributed by atoms with Crippen LogP contribution < -0.4 is 0 Å². The number of hydrogen-bond donors (Lipinski definition) is 1. The highest BCUT2D eigenvalue weighted by molar-refractivity contribution is 6.51. The molecule has 1 N–H and O–H groups in total. The Hall–Kier alpha value is -4.11. The fourth-order valence-electron chi connectivity index (χ4n) is 4.32. The van der Waals surface area contributed by atoms with E-state index in [1.54, 1.807) is 24.3 Å². The second-order valence-corrected chi connectivity index (χ2v) is 9.20. The minimum absolute atomic E-state index is 0.0749. The highest BCUT2D eigenvalue weighted by Gasteiger charge is 2.48. The zero-order chi connectivity index (χ0) is 25.3. The van der Waals surface area contributed by atoms with Crippen molar-refractivity contribution in [2.75, 3.05) is 0 Å². The molecule has 0 spiro atoms. The van der Waals surface area contributed by atoms with E-state index in [1.165, 1.54) is 32.9 Å². The zero-order valence-corrected chi connectivity index (χ0v) is 19.8. The van der Waals surface area contributed by atoms with Crippen LogP contribution in [0.15, 0.2) is 90.4 Å². The molecule has 0 aromatic rings. The Balaban J connectivity index is 1.75. The highest BCUT2D eigenvalue weighted by Crippen LogP contribution is 2.35. The van der Waals surface area contributed by atoms with Gasteiger partial charge in [-0.2, -0.15) is 0 Å². The van der Waals surface area contributed by atoms with Crippen molar-refractivity contribution < 1.29 is 24.2 Å². The Labute approximate surface area is 201 Å². The number of Topliss-reactive ketones (excluding diaryl/α,β-unsaturated/α-hetero) is 2. The highest BCUT2D eigenvalue weighted by atomic mass is 16.6. The first-order valence-corrected chi connectivity index (χ1v) is 11.0. The molecule has 0 aromatic heterocycles. The van der Waals surface area contributed by atoms with Crippen molar-refractivity contribution in [3.05, 3.63) is 70.4 Å². The average molecular weight is 470 g/mol. The average Bonchev–Trinajstić information content (AvgIpc) is 3.41. The van der Waals surface area contributed by atoms with Gasteiger partial charge in [-0.25, -0.2) is 20.0 Å². The maximum atomic E-state index is 13.3. The Morgan fingerprint density at radius 1 is 0.800 bits per heavy atom. The summed E-state index contributed by atoms with van der Waals surface area (Å²) >= 11 is 0. The molecule has 2 atom stereocenters. The fourth-order valence-corrected chi connectivity index (χ4v) is 4.32. The number of rotatable bonds is 1. The third kappa shape index (κ3) is 3.55. The van der Waals surface area contributed by atoms with Gasteiger partial charge in [-0.1, -0.05) is 0 Å². The minimum Gasteiger partial charge on any atom is -0.444 e. The summed E-state index contributed by atoms with van der Waals surface area (Å²) in [6.45, 7) is 7.76. The van der Waals surface area contributed by atoms with E-state index >= 15 is 0 Å². The van der Waals surface area contributed by atoms with E-state index in [4.69, 9.17) is 4.74 Å². The molecule has 0 fully saturated rings. The number of aliphatic hydroxyl groups is 1. The summed E-state index contributed by atoms with van der Waals surface area (Å²) in [6, 6.07) is 0. The summed E-state index contributed by atoms with van der Waals surface area (Å²) in [5, 5.41) is 10.9. The molecule has 5 rings (SSSR count). The number of nitrogens with zero attached hydrogens (tertiary/aromatic N) is 4. The second kappa shape index (κ2) is 7.44. The molecule has 0 unspecified atom stereocenters. The van der Waals surface area contributed by atoms with Crippen molar-refractivity contribution in [2.45, 2.75) is 45.8 Å². The van der Waals surface area contributed by atoms with Gasteiger partial charge in [0.1, 0.15) is 11.4 Å². The molecule has 0 saturated heterocycles. The number of hydrogen-bond acceptors (Lipinski definition) is 9. The Morgan fingerprint density at radius 3 is 2.20 bits per heavy atom. The molecular formula is C26H22N4O5. The van der Waals surface area contributed by atoms with Crippen molar-refractivity contribution in [3.63, 3.8) is 0 Å². The minimum atomic E-state index is -1.81. The van der Waals surface area contributed by atoms with Crippen LogP contribution in [0.5, 0.6) is 0 Å². The normalized spacial score (nSPS) is 29.3. The maximum absolute atomic E-state index is 13.3. The van der Waals surface area contributed by atoms with Crippen LogP contribution in [0.4, 0.5) is 0 Å². The molecule has 9 nitrogen and oxygen atoms in total. The number of carbonyl (C=O) groups is 3. The third-order valence-electron chi connectivity index (χ3n) is 6.31. The molecule has 0 radical (unpaired) electrons. The van der Waals surface area contributed by atoms with Crippen molar-refractivity contribution in [3.8, 4) is 0 Å². The van der Waals surface area contributed by atoms with E-state index in [-0.39, 0.29) is 22.8 Å². The molecule has 8 bridgehead atoms. The topological polar surface area (TPSA) is 130 Å². The van der Waals surface area contributed by atoms with Crippen LogP contribution in [-0.4, -0.2) is 56.7 Å². The lowest BCUT2D eigenvalue weighted by Gasteiger charge is -2.22. The Morgan fingerprint density at radius 2 is 1.49 bits per heavy atom. The van der Waals surface area contributed by atoms with Gasteiger partial charge < -0.3 is 9.84 Å². The second-order valence-electron chi connectivity index (χ2n) is 9.20. The number of carbonyl (C=O) groups excluding carboxylic acids is 3. The molecule has 176 valence electrons. The van der Waals surface area contributed by atoms with Crippen LogP contribution in [0.25, 0.3) is 0 Å². The summed E-state index contributed by atoms with van der Waals surface area (Å²) in [5.41, 5.74) is 0.505. The molecule has 9 heteroatoms. The molecule has 5 aliphatic rings. The number of ether oxygens (including phenoxy) is 1. The van der Waals surface area contributed by atoms with E-state index in [0.717, 1.165) is 11.1 Å². The smallest absolute Gasteiger partial charge is 0.304 e. The van der Waals surface area contributed by atoms with Gasteiger partial charge in [0.05, 0.1) is 34.2 Å². The summed E-state index contributed by atoms with van der Waals surface area (Å²) in [4.78, 5) is 56.0. The van der Waals surface area contributed by atoms with Crippen LogP contribution in [0.3, 0.4) is 0 Å². The first-order chi connectivity index (χ1) is 16.4. The van der Waals surface area contributed by atoms with Crippen molar-refractivity contribution in [1.82, 2.24) is 0 Å². The predicted octanol–water partition coefficient (Wildman–Crippen LogP) is 2.46. The van der Waals surface area contributed by atoms with Gasteiger partial charge in [0.15, 0.2) is 5.60 Å². The van der Waals surface area contributed by atoms with E-state index in [0.29, 0.717) is 22.8 Å². The van der Waals surface area contributed by atoms with Crippen LogP contribution in [0.1, 0.15) is 34.6 Å². The molecule has 0 saturated carbocycles. The molecule has 35 heavy (non-hydrogen) atoms. The number of ketones is 2. The largest absolute Gasteiger partial charge is 0.444 e. The fraction of sp³-hybridized carbons (Fsp3) is 0.269. The van der Waals surface area contributed by atoms with Gasteiger partial charge >= 0.3 is 5.97 Å². The van der Waals surface area contributed by atoms with E-state index in [9.17, 15) is 19.5 Å². The van der Waals surface area contributed by atoms with Crippen molar-refractivity contribution in [2.24, 2.45) is 20.0 Å². The van der Waals surface area contributed by atoms with E-state index in [2.05, 4.69) is 20.0 Å². The quantitative estimate of drug-likeness (QED) is 0.589. The molecule has 5 aliphatic heterocycles. The Kier molecular flexibility index (Phi) is 4.82. The number of aliphatic imine (C=N–C) groups is 4. The van der Waals surface area contributed by atoms with Gasteiger partial charge in [0, 0.05) is 6.92 Å². The molecule has 0 aromatic carbocycles. The number of esters is 1. The van der Waals surface area contributed by atoms with E-state index in [1.807, 2.05) is 13.8 Å². The van der Waals surface area contributed by atoms with Crippen molar-refractivity contribution >= 4 is 40.4 Å². The third-order valence-corrected chi connectivity index (χ3v) is 6.31. The lowest BCUT2D eigenvalue weighted by atomic mass is 9.95. The van der Waals surface area contributed by atoms with Gasteiger partial charge in [-0.3, -0.25) is 14.4 Å². The summed E-state index contributed by atoms with van der Waals surface area (Å²) in [6.07, 6.45) is 9.68. The first kappa shape index (κ1) is 22.7. The Bertz CT molecular complexity index is 1470. The van der Waals surface area contributed by atoms with Crippen LogP contribution >= 0.6 is 0 Å². The van der Waals surface area contributed by atoms with Crippen LogP contribution in [-0.2, 0) is 19.1 Å². The maximum Gasteiger partial charge on any atom is 0.304 e. The predicted molar refractivity (Wildman–Crippen MR) is 130 cm³/mol. The van der Waals surface area contributed by atoms with Crippen LogP contribution in [0.2, 0.25) is 0 Å². The molecule has 5 heterocycles. The molecule has 0 aliphatic carbocycles. The summed E-state index contributed by atoms with van der Waals surface area (Å²) < 4.78 is 5.44.